The maximum Gasteiger partial charge on any atom is 0.187 e. The van der Waals surface area contributed by atoms with Gasteiger partial charge in [-0.2, -0.15) is 0 Å². The Morgan fingerprint density at radius 3 is 1.32 bits per heavy atom. The van der Waals surface area contributed by atoms with Gasteiger partial charge < -0.3 is 0 Å². The molecular formula is C44H34N6. The number of benzene rings is 4. The predicted octanol–water partition coefficient (Wildman–Crippen LogP) is 11.2. The smallest absolute Gasteiger partial charge is 0.187 e. The molecule has 0 saturated heterocycles. The fourth-order valence-electron chi connectivity index (χ4n) is 9.25. The Labute approximate surface area is 292 Å². The molecule has 0 N–H and O–H groups in total. The van der Waals surface area contributed by atoms with Crippen molar-refractivity contribution in [2.75, 3.05) is 0 Å². The second kappa shape index (κ2) is 12.2. The highest BCUT2D eigenvalue weighted by Crippen LogP contribution is 2.60. The van der Waals surface area contributed by atoms with Gasteiger partial charge in [-0.05, 0) is 120 Å². The van der Waals surface area contributed by atoms with Crippen LogP contribution in [0.25, 0.3) is 66.1 Å². The summed E-state index contributed by atoms with van der Waals surface area (Å²) in [6.45, 7) is 14.8. The molecule has 4 aromatic carbocycles. The predicted molar refractivity (Wildman–Crippen MR) is 197 cm³/mol. The van der Waals surface area contributed by atoms with Gasteiger partial charge in [-0.25, -0.2) is 24.6 Å². The van der Waals surface area contributed by atoms with Gasteiger partial charge in [-0.1, -0.05) is 72.8 Å². The summed E-state index contributed by atoms with van der Waals surface area (Å²) in [6.07, 6.45) is 12.0. The van der Waals surface area contributed by atoms with E-state index in [2.05, 4.69) is 57.1 Å². The van der Waals surface area contributed by atoms with E-state index >= 15 is 0 Å². The first kappa shape index (κ1) is 30.1. The van der Waals surface area contributed by atoms with Crippen LogP contribution in [0.5, 0.6) is 0 Å². The van der Waals surface area contributed by atoms with Crippen molar-refractivity contribution in [2.24, 2.45) is 17.8 Å². The van der Waals surface area contributed by atoms with E-state index in [0.717, 1.165) is 56.7 Å². The van der Waals surface area contributed by atoms with E-state index in [4.69, 9.17) is 28.1 Å². The molecule has 4 saturated carbocycles. The third-order valence-electron chi connectivity index (χ3n) is 11.2. The summed E-state index contributed by atoms with van der Waals surface area (Å²) in [5.74, 6) is 4.32. The SMILES string of the molecule is [C-]#[N+]c1ccc(-c2nc(-c3ccc([N+]#[C-])cc3)nc(-c3cc(-c4ccncc4)cc(-c4ccc(C56CC7CC(CC(C7)C5)C6)cc4)c3)n2)cc1. The highest BCUT2D eigenvalue weighted by atomic mass is 15.0. The van der Waals surface area contributed by atoms with Crippen molar-refractivity contribution >= 4 is 11.4 Å². The molecule has 2 aromatic heterocycles. The second-order valence-corrected chi connectivity index (χ2v) is 14.4. The van der Waals surface area contributed by atoms with Crippen LogP contribution in [0.3, 0.4) is 0 Å². The van der Waals surface area contributed by atoms with Crippen molar-refractivity contribution in [3.05, 3.63) is 144 Å². The van der Waals surface area contributed by atoms with Crippen LogP contribution in [-0.4, -0.2) is 19.9 Å². The molecule has 0 amide bonds. The monoisotopic (exact) mass is 646 g/mol. The molecule has 0 aliphatic heterocycles. The quantitative estimate of drug-likeness (QED) is 0.169. The van der Waals surface area contributed by atoms with E-state index in [1.54, 1.807) is 24.3 Å². The van der Waals surface area contributed by atoms with Crippen LogP contribution in [0.2, 0.25) is 0 Å². The van der Waals surface area contributed by atoms with Gasteiger partial charge in [0.25, 0.3) is 0 Å². The molecule has 10 rings (SSSR count). The van der Waals surface area contributed by atoms with Gasteiger partial charge in [0.1, 0.15) is 0 Å². The van der Waals surface area contributed by atoms with Crippen LogP contribution < -0.4 is 0 Å². The average molecular weight is 647 g/mol. The summed E-state index contributed by atoms with van der Waals surface area (Å²) in [4.78, 5) is 26.3. The van der Waals surface area contributed by atoms with E-state index in [-0.39, 0.29) is 0 Å². The summed E-state index contributed by atoms with van der Waals surface area (Å²) in [5.41, 5.74) is 9.83. The van der Waals surface area contributed by atoms with Crippen LogP contribution >= 0.6 is 0 Å². The van der Waals surface area contributed by atoms with E-state index in [1.807, 2.05) is 48.8 Å². The maximum atomic E-state index is 7.39. The lowest BCUT2D eigenvalue weighted by Crippen LogP contribution is -2.48. The van der Waals surface area contributed by atoms with Crippen molar-refractivity contribution in [1.29, 1.82) is 0 Å². The molecule has 4 fully saturated rings. The normalized spacial score (nSPS) is 21.8. The standard InChI is InChI=1S/C44H34N6/c1-45-39-11-5-33(6-12-39)41-48-42(34-7-13-40(46-2)14-8-34)50-43(49-41)37-23-35(22-36(24-37)32-15-17-47-18-16-32)31-3-9-38(10-4-31)44-25-28-19-29(26-44)21-30(20-28)27-44/h3-18,22-24,28-30H,19-21,25-27H2. The topological polar surface area (TPSA) is 60.3 Å². The fraction of sp³-hybridized carbons (Fsp3) is 0.227. The Kier molecular flexibility index (Phi) is 7.32. The minimum Gasteiger partial charge on any atom is -0.265 e. The Morgan fingerprint density at radius 1 is 0.460 bits per heavy atom. The minimum atomic E-state index is 0.356. The zero-order valence-corrected chi connectivity index (χ0v) is 27.6. The van der Waals surface area contributed by atoms with Crippen LogP contribution in [0, 0.1) is 30.9 Å². The van der Waals surface area contributed by atoms with Crippen molar-refractivity contribution < 1.29 is 0 Å². The number of hydrogen-bond acceptors (Lipinski definition) is 4. The molecule has 0 unspecified atom stereocenters. The van der Waals surface area contributed by atoms with Crippen LogP contribution in [0.4, 0.5) is 11.4 Å². The molecule has 240 valence electrons. The number of pyridine rings is 1. The van der Waals surface area contributed by atoms with Gasteiger partial charge in [0.2, 0.25) is 0 Å². The van der Waals surface area contributed by atoms with Gasteiger partial charge in [-0.3, -0.25) is 4.98 Å². The van der Waals surface area contributed by atoms with Crippen molar-refractivity contribution in [1.82, 2.24) is 19.9 Å². The summed E-state index contributed by atoms with van der Waals surface area (Å²) in [6, 6.07) is 34.7. The number of nitrogens with zero attached hydrogens (tertiary/aromatic N) is 6. The third-order valence-corrected chi connectivity index (χ3v) is 11.2. The minimum absolute atomic E-state index is 0.356. The molecule has 4 bridgehead atoms. The molecule has 6 aromatic rings. The van der Waals surface area contributed by atoms with E-state index in [9.17, 15) is 0 Å². The van der Waals surface area contributed by atoms with Crippen molar-refractivity contribution in [2.45, 2.75) is 43.9 Å². The lowest BCUT2D eigenvalue weighted by Gasteiger charge is -2.57. The average Bonchev–Trinajstić information content (AvgIpc) is 3.17. The van der Waals surface area contributed by atoms with Gasteiger partial charge >= 0.3 is 0 Å². The molecule has 4 aliphatic rings. The number of rotatable bonds is 6. The summed E-state index contributed by atoms with van der Waals surface area (Å²) < 4.78 is 0. The zero-order valence-electron chi connectivity index (χ0n) is 27.6. The van der Waals surface area contributed by atoms with Crippen LogP contribution in [-0.2, 0) is 5.41 Å². The molecular weight excluding hydrogens is 613 g/mol. The van der Waals surface area contributed by atoms with Gasteiger partial charge in [0.15, 0.2) is 28.8 Å². The first-order valence-corrected chi connectivity index (χ1v) is 17.4. The zero-order chi connectivity index (χ0) is 33.7. The molecule has 0 spiro atoms. The third kappa shape index (κ3) is 5.54. The lowest BCUT2D eigenvalue weighted by molar-refractivity contribution is -0.00518. The van der Waals surface area contributed by atoms with Gasteiger partial charge in [-0.15, -0.1) is 0 Å². The first-order chi connectivity index (χ1) is 24.5. The highest BCUT2D eigenvalue weighted by molar-refractivity contribution is 5.80. The summed E-state index contributed by atoms with van der Waals surface area (Å²) >= 11 is 0. The fourth-order valence-corrected chi connectivity index (χ4v) is 9.25. The highest BCUT2D eigenvalue weighted by Gasteiger charge is 2.51. The Balaban J connectivity index is 1.16. The number of hydrogen-bond donors (Lipinski definition) is 0. The van der Waals surface area contributed by atoms with E-state index in [1.165, 1.54) is 44.1 Å². The van der Waals surface area contributed by atoms with E-state index in [0.29, 0.717) is 34.3 Å². The molecule has 4 aliphatic carbocycles. The molecule has 0 atom stereocenters. The maximum absolute atomic E-state index is 7.39. The largest absolute Gasteiger partial charge is 0.265 e. The van der Waals surface area contributed by atoms with Gasteiger partial charge in [0, 0.05) is 29.1 Å². The van der Waals surface area contributed by atoms with E-state index < -0.39 is 0 Å². The lowest BCUT2D eigenvalue weighted by atomic mass is 9.48. The van der Waals surface area contributed by atoms with Crippen LogP contribution in [0.1, 0.15) is 44.1 Å². The molecule has 6 heteroatoms. The second-order valence-electron chi connectivity index (χ2n) is 14.4. The molecule has 2 heterocycles. The molecule has 50 heavy (non-hydrogen) atoms. The molecule has 6 nitrogen and oxygen atoms in total. The summed E-state index contributed by atoms with van der Waals surface area (Å²) in [7, 11) is 0. The van der Waals surface area contributed by atoms with Crippen LogP contribution in [0.15, 0.2) is 116 Å². The molecule has 0 radical (unpaired) electrons. The van der Waals surface area contributed by atoms with Crippen molar-refractivity contribution in [3.63, 3.8) is 0 Å². The Bertz CT molecular complexity index is 2190. The number of aromatic nitrogens is 4. The van der Waals surface area contributed by atoms with Crippen molar-refractivity contribution in [3.8, 4) is 56.4 Å². The Morgan fingerprint density at radius 2 is 0.860 bits per heavy atom. The van der Waals surface area contributed by atoms with Gasteiger partial charge in [0.05, 0.1) is 13.1 Å². The Hall–Kier alpha value is -5.98. The first-order valence-electron chi connectivity index (χ1n) is 17.4. The summed E-state index contributed by atoms with van der Waals surface area (Å²) in [5, 5.41) is 0.